The lowest BCUT2D eigenvalue weighted by Gasteiger charge is -2.12. The average molecular weight is 177 g/mol. The van der Waals surface area contributed by atoms with E-state index in [0.29, 0.717) is 12.4 Å². The van der Waals surface area contributed by atoms with Crippen molar-refractivity contribution in [3.8, 4) is 0 Å². The molecule has 1 unspecified atom stereocenters. The van der Waals surface area contributed by atoms with E-state index in [1.54, 1.807) is 0 Å². The Morgan fingerprint density at radius 2 is 2.08 bits per heavy atom. The van der Waals surface area contributed by atoms with Gasteiger partial charge in [0, 0.05) is 0 Å². The highest BCUT2D eigenvalue weighted by Crippen LogP contribution is 2.10. The molecule has 0 aliphatic carbocycles. The second kappa shape index (κ2) is 4.67. The summed E-state index contributed by atoms with van der Waals surface area (Å²) in [5.41, 5.74) is 6.96. The monoisotopic (exact) mass is 177 g/mol. The molecule has 0 heterocycles. The lowest BCUT2D eigenvalue weighted by molar-refractivity contribution is 0.197. The van der Waals surface area contributed by atoms with Gasteiger partial charge in [0.15, 0.2) is 0 Å². The molecular weight excluding hydrogens is 162 g/mol. The molecule has 0 saturated carbocycles. The number of hydrogen-bond acceptors (Lipinski definition) is 2. The minimum absolute atomic E-state index is 0.0714. The van der Waals surface area contributed by atoms with Crippen LogP contribution in [-0.4, -0.2) is 6.61 Å². The summed E-state index contributed by atoms with van der Waals surface area (Å²) in [6.07, 6.45) is 0. The molecule has 13 heavy (non-hydrogen) atoms. The van der Waals surface area contributed by atoms with E-state index in [9.17, 15) is 0 Å². The highest BCUT2D eigenvalue weighted by Gasteiger charge is 2.04. The summed E-state index contributed by atoms with van der Waals surface area (Å²) in [4.78, 5) is 0. The SMILES string of the molecule is C=C(C)OCC(N)c1ccccc1. The van der Waals surface area contributed by atoms with E-state index in [1.807, 2.05) is 37.3 Å². The number of hydrogen-bond donors (Lipinski definition) is 1. The van der Waals surface area contributed by atoms with Crippen LogP contribution < -0.4 is 5.73 Å². The summed E-state index contributed by atoms with van der Waals surface area (Å²) in [6, 6.07) is 9.82. The topological polar surface area (TPSA) is 35.2 Å². The zero-order valence-corrected chi connectivity index (χ0v) is 7.86. The quantitative estimate of drug-likeness (QED) is 0.716. The predicted octanol–water partition coefficient (Wildman–Crippen LogP) is 2.24. The Balaban J connectivity index is 2.49. The first-order valence-corrected chi connectivity index (χ1v) is 4.29. The molecule has 1 rings (SSSR count). The molecule has 0 aliphatic heterocycles. The van der Waals surface area contributed by atoms with Crippen LogP contribution in [0, 0.1) is 0 Å². The number of rotatable bonds is 4. The van der Waals surface area contributed by atoms with Crippen molar-refractivity contribution in [1.82, 2.24) is 0 Å². The van der Waals surface area contributed by atoms with E-state index in [2.05, 4.69) is 6.58 Å². The van der Waals surface area contributed by atoms with Crippen molar-refractivity contribution >= 4 is 0 Å². The summed E-state index contributed by atoms with van der Waals surface area (Å²) in [5, 5.41) is 0. The number of allylic oxidation sites excluding steroid dienone is 1. The van der Waals surface area contributed by atoms with Crippen LogP contribution in [0.5, 0.6) is 0 Å². The van der Waals surface area contributed by atoms with Crippen LogP contribution in [0.1, 0.15) is 18.5 Å². The van der Waals surface area contributed by atoms with Gasteiger partial charge in [-0.15, -0.1) is 0 Å². The predicted molar refractivity (Wildman–Crippen MR) is 54.1 cm³/mol. The Kier molecular flexibility index (Phi) is 3.53. The molecule has 0 fully saturated rings. The van der Waals surface area contributed by atoms with Gasteiger partial charge in [-0.3, -0.25) is 0 Å². The summed E-state index contributed by atoms with van der Waals surface area (Å²) < 4.78 is 5.24. The molecule has 1 aromatic rings. The summed E-state index contributed by atoms with van der Waals surface area (Å²) in [6.45, 7) is 5.95. The number of benzene rings is 1. The van der Waals surface area contributed by atoms with Gasteiger partial charge in [0.1, 0.15) is 6.61 Å². The van der Waals surface area contributed by atoms with Gasteiger partial charge in [-0.2, -0.15) is 0 Å². The fourth-order valence-corrected chi connectivity index (χ4v) is 1.03. The molecule has 1 aromatic carbocycles. The van der Waals surface area contributed by atoms with Gasteiger partial charge >= 0.3 is 0 Å². The third-order valence-electron chi connectivity index (χ3n) is 1.74. The molecule has 0 amide bonds. The molecule has 0 bridgehead atoms. The summed E-state index contributed by atoms with van der Waals surface area (Å²) in [5.74, 6) is 0.700. The van der Waals surface area contributed by atoms with E-state index in [4.69, 9.17) is 10.5 Å². The molecule has 70 valence electrons. The maximum Gasteiger partial charge on any atom is 0.107 e. The lowest BCUT2D eigenvalue weighted by Crippen LogP contribution is -2.16. The fraction of sp³-hybridized carbons (Fsp3) is 0.273. The highest BCUT2D eigenvalue weighted by molar-refractivity contribution is 5.18. The Hall–Kier alpha value is -1.28. The van der Waals surface area contributed by atoms with Crippen LogP contribution in [0.25, 0.3) is 0 Å². The van der Waals surface area contributed by atoms with Gasteiger partial charge in [0.25, 0.3) is 0 Å². The molecule has 2 nitrogen and oxygen atoms in total. The van der Waals surface area contributed by atoms with Crippen LogP contribution in [0.4, 0.5) is 0 Å². The second-order valence-corrected chi connectivity index (χ2v) is 3.03. The summed E-state index contributed by atoms with van der Waals surface area (Å²) >= 11 is 0. The van der Waals surface area contributed by atoms with Crippen molar-refractivity contribution < 1.29 is 4.74 Å². The van der Waals surface area contributed by atoms with E-state index < -0.39 is 0 Å². The first kappa shape index (κ1) is 9.81. The van der Waals surface area contributed by atoms with Crippen molar-refractivity contribution in [2.24, 2.45) is 5.73 Å². The molecular formula is C11H15NO. The van der Waals surface area contributed by atoms with Gasteiger partial charge in [0.2, 0.25) is 0 Å². The Labute approximate surface area is 79.0 Å². The normalized spacial score (nSPS) is 12.2. The van der Waals surface area contributed by atoms with E-state index in [1.165, 1.54) is 0 Å². The average Bonchev–Trinajstić information content (AvgIpc) is 2.15. The smallest absolute Gasteiger partial charge is 0.107 e. The largest absolute Gasteiger partial charge is 0.497 e. The first-order valence-electron chi connectivity index (χ1n) is 4.29. The van der Waals surface area contributed by atoms with Gasteiger partial charge in [-0.05, 0) is 12.5 Å². The molecule has 1 atom stereocenters. The van der Waals surface area contributed by atoms with E-state index in [-0.39, 0.29) is 6.04 Å². The standard InChI is InChI=1S/C11H15NO/c1-9(2)13-8-11(12)10-6-4-3-5-7-10/h3-7,11H,1,8,12H2,2H3. The van der Waals surface area contributed by atoms with Crippen molar-refractivity contribution in [1.29, 1.82) is 0 Å². The maximum absolute atomic E-state index is 5.88. The molecule has 0 aliphatic rings. The maximum atomic E-state index is 5.88. The molecule has 2 N–H and O–H groups in total. The number of nitrogens with two attached hydrogens (primary N) is 1. The second-order valence-electron chi connectivity index (χ2n) is 3.03. The first-order chi connectivity index (χ1) is 6.20. The molecule has 0 aromatic heterocycles. The molecule has 0 saturated heterocycles. The van der Waals surface area contributed by atoms with Crippen molar-refractivity contribution in [3.63, 3.8) is 0 Å². The Morgan fingerprint density at radius 1 is 1.46 bits per heavy atom. The van der Waals surface area contributed by atoms with Gasteiger partial charge in [0.05, 0.1) is 11.8 Å². The van der Waals surface area contributed by atoms with Crippen molar-refractivity contribution in [2.75, 3.05) is 6.61 Å². The minimum atomic E-state index is -0.0714. The fourth-order valence-electron chi connectivity index (χ4n) is 1.03. The van der Waals surface area contributed by atoms with Crippen LogP contribution in [-0.2, 0) is 4.74 Å². The van der Waals surface area contributed by atoms with Crippen molar-refractivity contribution in [3.05, 3.63) is 48.2 Å². The summed E-state index contributed by atoms with van der Waals surface area (Å²) in [7, 11) is 0. The van der Waals surface area contributed by atoms with Gasteiger partial charge in [-0.1, -0.05) is 36.9 Å². The van der Waals surface area contributed by atoms with Crippen LogP contribution in [0.15, 0.2) is 42.7 Å². The Morgan fingerprint density at radius 3 is 2.62 bits per heavy atom. The Bertz CT molecular complexity index is 269. The van der Waals surface area contributed by atoms with E-state index >= 15 is 0 Å². The molecule has 0 radical (unpaired) electrons. The van der Waals surface area contributed by atoms with Crippen LogP contribution >= 0.6 is 0 Å². The zero-order chi connectivity index (χ0) is 9.68. The lowest BCUT2D eigenvalue weighted by atomic mass is 10.1. The highest BCUT2D eigenvalue weighted by atomic mass is 16.5. The third-order valence-corrected chi connectivity index (χ3v) is 1.74. The minimum Gasteiger partial charge on any atom is -0.497 e. The number of ether oxygens (including phenoxy) is 1. The molecule has 0 spiro atoms. The van der Waals surface area contributed by atoms with Crippen molar-refractivity contribution in [2.45, 2.75) is 13.0 Å². The van der Waals surface area contributed by atoms with Gasteiger partial charge in [-0.25, -0.2) is 0 Å². The zero-order valence-electron chi connectivity index (χ0n) is 7.86. The molecule has 2 heteroatoms. The van der Waals surface area contributed by atoms with Gasteiger partial charge < -0.3 is 10.5 Å². The third kappa shape index (κ3) is 3.30. The van der Waals surface area contributed by atoms with Crippen LogP contribution in [0.2, 0.25) is 0 Å². The van der Waals surface area contributed by atoms with E-state index in [0.717, 1.165) is 5.56 Å². The van der Waals surface area contributed by atoms with Crippen LogP contribution in [0.3, 0.4) is 0 Å².